The molecule has 2 unspecified atom stereocenters. The summed E-state index contributed by atoms with van der Waals surface area (Å²) < 4.78 is 15.5. The smallest absolute Gasteiger partial charge is 0.274 e. The molecule has 2 aromatic heterocycles. The zero-order valence-electron chi connectivity index (χ0n) is 15.5. The van der Waals surface area contributed by atoms with Crippen LogP contribution < -0.4 is 5.32 Å². The Kier molecular flexibility index (Phi) is 5.43. The predicted molar refractivity (Wildman–Crippen MR) is 93.7 cm³/mol. The number of aryl methyl sites for hydroxylation is 1. The van der Waals surface area contributed by atoms with E-state index in [1.165, 1.54) is 28.2 Å². The number of likely N-dealkylation sites (tertiary alicyclic amines) is 1. The van der Waals surface area contributed by atoms with Crippen LogP contribution in [0.3, 0.4) is 0 Å². The highest BCUT2D eigenvalue weighted by Gasteiger charge is 2.36. The van der Waals surface area contributed by atoms with Gasteiger partial charge in [0.25, 0.3) is 11.8 Å². The fourth-order valence-corrected chi connectivity index (χ4v) is 2.98. The summed E-state index contributed by atoms with van der Waals surface area (Å²) in [6.45, 7) is 5.70. The summed E-state index contributed by atoms with van der Waals surface area (Å²) in [4.78, 5) is 34.3. The second-order valence-corrected chi connectivity index (χ2v) is 6.94. The van der Waals surface area contributed by atoms with Gasteiger partial charge < -0.3 is 10.2 Å². The number of halogens is 1. The molecule has 3 rings (SSSR count). The maximum Gasteiger partial charge on any atom is 0.274 e. The Bertz CT molecular complexity index is 821. The van der Waals surface area contributed by atoms with E-state index in [9.17, 15) is 14.0 Å². The third kappa shape index (κ3) is 4.44. The van der Waals surface area contributed by atoms with Crippen LogP contribution in [-0.2, 0) is 6.54 Å². The third-order valence-corrected chi connectivity index (χ3v) is 4.21. The summed E-state index contributed by atoms with van der Waals surface area (Å²) in [7, 11) is 0. The minimum absolute atomic E-state index is 0.00551. The number of alkyl halides is 1. The van der Waals surface area contributed by atoms with Crippen LogP contribution in [0.15, 0.2) is 18.6 Å². The highest BCUT2D eigenvalue weighted by Crippen LogP contribution is 2.23. The minimum atomic E-state index is -1.12. The molecule has 0 aliphatic carbocycles. The molecule has 2 atom stereocenters. The fourth-order valence-electron chi connectivity index (χ4n) is 2.98. The van der Waals surface area contributed by atoms with Gasteiger partial charge in [-0.05, 0) is 20.8 Å². The normalized spacial score (nSPS) is 19.5. The standard InChI is InChI=1S/C17H22FN7O2/c1-10(2)21-16(26)15-9-24(23-22-15)8-13-4-12(18)7-25(13)17(27)14-6-19-11(3)5-20-14/h5-6,9-10,12-13H,4,7-8H2,1-3H3,(H,21,26). The fraction of sp³-hybridized carbons (Fsp3) is 0.529. The number of nitrogens with zero attached hydrogens (tertiary/aromatic N) is 6. The Morgan fingerprint density at radius 3 is 2.74 bits per heavy atom. The van der Waals surface area contributed by atoms with Crippen LogP contribution in [-0.4, -0.2) is 66.5 Å². The Morgan fingerprint density at radius 1 is 1.30 bits per heavy atom. The molecule has 1 fully saturated rings. The highest BCUT2D eigenvalue weighted by atomic mass is 19.1. The lowest BCUT2D eigenvalue weighted by Gasteiger charge is -2.23. The van der Waals surface area contributed by atoms with Gasteiger partial charge in [0.15, 0.2) is 5.69 Å². The van der Waals surface area contributed by atoms with E-state index < -0.39 is 12.2 Å². The highest BCUT2D eigenvalue weighted by molar-refractivity contribution is 5.92. The van der Waals surface area contributed by atoms with E-state index in [2.05, 4.69) is 25.6 Å². The first kappa shape index (κ1) is 18.9. The summed E-state index contributed by atoms with van der Waals surface area (Å²) in [6.07, 6.45) is 3.46. The van der Waals surface area contributed by atoms with Crippen molar-refractivity contribution in [3.05, 3.63) is 35.7 Å². The number of nitrogens with one attached hydrogen (secondary N) is 1. The van der Waals surface area contributed by atoms with E-state index in [-0.39, 0.29) is 48.8 Å². The molecule has 2 amide bonds. The van der Waals surface area contributed by atoms with E-state index in [4.69, 9.17) is 0 Å². The lowest BCUT2D eigenvalue weighted by Crippen LogP contribution is -2.39. The van der Waals surface area contributed by atoms with Crippen molar-refractivity contribution in [2.45, 2.75) is 52.0 Å². The molecule has 0 radical (unpaired) electrons. The Hall–Kier alpha value is -2.91. The quantitative estimate of drug-likeness (QED) is 0.827. The molecule has 0 bridgehead atoms. The van der Waals surface area contributed by atoms with Gasteiger partial charge in [-0.15, -0.1) is 5.10 Å². The van der Waals surface area contributed by atoms with E-state index in [0.29, 0.717) is 5.69 Å². The van der Waals surface area contributed by atoms with E-state index in [0.717, 1.165) is 0 Å². The van der Waals surface area contributed by atoms with Gasteiger partial charge in [-0.1, -0.05) is 5.21 Å². The predicted octanol–water partition coefficient (Wildman–Crippen LogP) is 0.768. The molecule has 1 aliphatic heterocycles. The van der Waals surface area contributed by atoms with Crippen molar-refractivity contribution in [1.82, 2.24) is 35.2 Å². The van der Waals surface area contributed by atoms with Gasteiger partial charge in [-0.2, -0.15) is 0 Å². The molecule has 0 spiro atoms. The Labute approximate surface area is 156 Å². The molecule has 1 saturated heterocycles. The van der Waals surface area contributed by atoms with E-state index in [1.54, 1.807) is 6.92 Å². The maximum atomic E-state index is 14.0. The summed E-state index contributed by atoms with van der Waals surface area (Å²) in [5.74, 6) is -0.695. The van der Waals surface area contributed by atoms with Gasteiger partial charge in [0.1, 0.15) is 11.9 Å². The third-order valence-electron chi connectivity index (χ3n) is 4.21. The second-order valence-electron chi connectivity index (χ2n) is 6.94. The van der Waals surface area contributed by atoms with Gasteiger partial charge >= 0.3 is 0 Å². The summed E-state index contributed by atoms with van der Waals surface area (Å²) in [6, 6.07) is -0.424. The topological polar surface area (TPSA) is 106 Å². The zero-order valence-corrected chi connectivity index (χ0v) is 15.5. The van der Waals surface area contributed by atoms with Gasteiger partial charge in [-0.25, -0.2) is 14.1 Å². The molecule has 9 nitrogen and oxygen atoms in total. The molecule has 3 heterocycles. The molecular formula is C17H22FN7O2. The minimum Gasteiger partial charge on any atom is -0.348 e. The monoisotopic (exact) mass is 375 g/mol. The average molecular weight is 375 g/mol. The summed E-state index contributed by atoms with van der Waals surface area (Å²) in [5, 5.41) is 10.5. The number of aromatic nitrogens is 5. The molecule has 27 heavy (non-hydrogen) atoms. The Morgan fingerprint density at radius 2 is 2.07 bits per heavy atom. The largest absolute Gasteiger partial charge is 0.348 e. The number of hydrogen-bond acceptors (Lipinski definition) is 6. The SMILES string of the molecule is Cc1cnc(C(=O)N2CC(F)CC2Cn2cc(C(=O)NC(C)C)nn2)cn1. The van der Waals surface area contributed by atoms with E-state index >= 15 is 0 Å². The lowest BCUT2D eigenvalue weighted by atomic mass is 10.2. The first-order chi connectivity index (χ1) is 12.8. The molecular weight excluding hydrogens is 353 g/mol. The van der Waals surface area contributed by atoms with Gasteiger partial charge in [0, 0.05) is 18.7 Å². The molecule has 1 N–H and O–H groups in total. The molecule has 0 saturated carbocycles. The number of hydrogen-bond donors (Lipinski definition) is 1. The number of amides is 2. The molecule has 2 aromatic rings. The van der Waals surface area contributed by atoms with Crippen LogP contribution in [0.4, 0.5) is 4.39 Å². The van der Waals surface area contributed by atoms with Crippen molar-refractivity contribution in [3.8, 4) is 0 Å². The maximum absolute atomic E-state index is 14.0. The lowest BCUT2D eigenvalue weighted by molar-refractivity contribution is 0.0707. The van der Waals surface area contributed by atoms with Crippen LogP contribution in [0.25, 0.3) is 0 Å². The van der Waals surface area contributed by atoms with Crippen molar-refractivity contribution in [1.29, 1.82) is 0 Å². The van der Waals surface area contributed by atoms with Gasteiger partial charge in [0.05, 0.1) is 37.2 Å². The van der Waals surface area contributed by atoms with Crippen LogP contribution in [0.2, 0.25) is 0 Å². The van der Waals surface area contributed by atoms with Crippen molar-refractivity contribution < 1.29 is 14.0 Å². The Balaban J connectivity index is 1.71. The molecule has 0 aromatic carbocycles. The number of rotatable bonds is 5. The number of carbonyl (C=O) groups excluding carboxylic acids is 2. The molecule has 10 heteroatoms. The van der Waals surface area contributed by atoms with Crippen molar-refractivity contribution in [2.24, 2.45) is 0 Å². The van der Waals surface area contributed by atoms with Crippen LogP contribution >= 0.6 is 0 Å². The number of carbonyl (C=O) groups is 2. The average Bonchev–Trinajstić information content (AvgIpc) is 3.21. The zero-order chi connectivity index (χ0) is 19.6. The van der Waals surface area contributed by atoms with Gasteiger partial charge in [-0.3, -0.25) is 14.6 Å². The van der Waals surface area contributed by atoms with Crippen LogP contribution in [0.5, 0.6) is 0 Å². The van der Waals surface area contributed by atoms with Crippen molar-refractivity contribution in [3.63, 3.8) is 0 Å². The molecule has 144 valence electrons. The van der Waals surface area contributed by atoms with Crippen LogP contribution in [0.1, 0.15) is 46.9 Å². The first-order valence-electron chi connectivity index (χ1n) is 8.78. The molecule has 1 aliphatic rings. The summed E-state index contributed by atoms with van der Waals surface area (Å²) in [5.41, 5.74) is 1.05. The first-order valence-corrected chi connectivity index (χ1v) is 8.78. The van der Waals surface area contributed by atoms with E-state index in [1.807, 2.05) is 13.8 Å². The second kappa shape index (κ2) is 7.77. The van der Waals surface area contributed by atoms with Crippen molar-refractivity contribution >= 4 is 11.8 Å². The summed E-state index contributed by atoms with van der Waals surface area (Å²) >= 11 is 0. The van der Waals surface area contributed by atoms with Crippen molar-refractivity contribution in [2.75, 3.05) is 6.54 Å². The van der Waals surface area contributed by atoms with Gasteiger partial charge in [0.2, 0.25) is 0 Å². The van der Waals surface area contributed by atoms with Crippen LogP contribution in [0, 0.1) is 6.92 Å².